The number of ketones is 1. The molecule has 1 saturated heterocycles. The molecule has 1 aliphatic rings. The summed E-state index contributed by atoms with van der Waals surface area (Å²) in [5, 5.41) is -0.185. The smallest absolute Gasteiger partial charge is 0.255 e. The van der Waals surface area contributed by atoms with E-state index in [4.69, 9.17) is 11.6 Å². The van der Waals surface area contributed by atoms with E-state index in [0.717, 1.165) is 0 Å². The summed E-state index contributed by atoms with van der Waals surface area (Å²) in [5.74, 6) is -0.986. The molecular formula is C12H11ClFNO2. The molecule has 0 aromatic heterocycles. The van der Waals surface area contributed by atoms with Crippen LogP contribution in [0.3, 0.4) is 0 Å². The summed E-state index contributed by atoms with van der Waals surface area (Å²) in [6.45, 7) is 0.600. The Bertz CT molecular complexity index is 476. The highest BCUT2D eigenvalue weighted by Crippen LogP contribution is 2.22. The average Bonchev–Trinajstić information content (AvgIpc) is 2.32. The number of hydrogen-bond donors (Lipinski definition) is 0. The van der Waals surface area contributed by atoms with Gasteiger partial charge < -0.3 is 4.90 Å². The van der Waals surface area contributed by atoms with Gasteiger partial charge in [-0.15, -0.1) is 0 Å². The first-order valence-corrected chi connectivity index (χ1v) is 5.72. The Labute approximate surface area is 103 Å². The zero-order valence-corrected chi connectivity index (χ0v) is 9.84. The van der Waals surface area contributed by atoms with E-state index in [2.05, 4.69) is 0 Å². The summed E-state index contributed by atoms with van der Waals surface area (Å²) < 4.78 is 13.2. The SMILES string of the molecule is O=C1CCCN(C(=O)c2cccc(F)c2Cl)C1. The molecule has 0 N–H and O–H groups in total. The van der Waals surface area contributed by atoms with E-state index < -0.39 is 5.82 Å². The molecule has 0 atom stereocenters. The van der Waals surface area contributed by atoms with Gasteiger partial charge in [0.2, 0.25) is 0 Å². The molecule has 0 unspecified atom stereocenters. The number of carbonyl (C=O) groups excluding carboxylic acids is 2. The van der Waals surface area contributed by atoms with E-state index in [1.807, 2.05) is 0 Å². The maximum absolute atomic E-state index is 13.2. The van der Waals surface area contributed by atoms with E-state index in [1.54, 1.807) is 0 Å². The summed E-state index contributed by atoms with van der Waals surface area (Å²) in [4.78, 5) is 24.7. The zero-order chi connectivity index (χ0) is 12.4. The Morgan fingerprint density at radius 3 is 2.88 bits per heavy atom. The van der Waals surface area contributed by atoms with E-state index in [0.29, 0.717) is 19.4 Å². The highest BCUT2D eigenvalue weighted by atomic mass is 35.5. The lowest BCUT2D eigenvalue weighted by Crippen LogP contribution is -2.40. The van der Waals surface area contributed by atoms with Gasteiger partial charge in [-0.3, -0.25) is 9.59 Å². The second-order valence-corrected chi connectivity index (χ2v) is 4.35. The predicted octanol–water partition coefficient (Wildman–Crippen LogP) is 2.28. The lowest BCUT2D eigenvalue weighted by atomic mass is 10.1. The van der Waals surface area contributed by atoms with Crippen molar-refractivity contribution in [1.29, 1.82) is 0 Å². The van der Waals surface area contributed by atoms with Crippen molar-refractivity contribution in [2.75, 3.05) is 13.1 Å². The highest BCUT2D eigenvalue weighted by Gasteiger charge is 2.24. The topological polar surface area (TPSA) is 37.4 Å². The maximum atomic E-state index is 13.2. The Morgan fingerprint density at radius 1 is 1.41 bits per heavy atom. The molecule has 1 aliphatic heterocycles. The van der Waals surface area contributed by atoms with Crippen LogP contribution in [0.1, 0.15) is 23.2 Å². The van der Waals surface area contributed by atoms with Crippen molar-refractivity contribution in [2.45, 2.75) is 12.8 Å². The van der Waals surface area contributed by atoms with Crippen LogP contribution in [0.25, 0.3) is 0 Å². The monoisotopic (exact) mass is 255 g/mol. The maximum Gasteiger partial charge on any atom is 0.255 e. The third-order valence-corrected chi connectivity index (χ3v) is 3.10. The highest BCUT2D eigenvalue weighted by molar-refractivity contribution is 6.34. The number of hydrogen-bond acceptors (Lipinski definition) is 2. The molecule has 1 heterocycles. The Balaban J connectivity index is 2.24. The van der Waals surface area contributed by atoms with Gasteiger partial charge in [0.05, 0.1) is 17.1 Å². The molecule has 1 aromatic carbocycles. The first-order chi connectivity index (χ1) is 8.09. The molecule has 0 radical (unpaired) electrons. The van der Waals surface area contributed by atoms with Crippen molar-refractivity contribution in [1.82, 2.24) is 4.90 Å². The second kappa shape index (κ2) is 4.84. The standard InChI is InChI=1S/C12H11ClFNO2/c13-11-9(4-1-5-10(11)14)12(17)15-6-2-3-8(16)7-15/h1,4-5H,2-3,6-7H2. The van der Waals surface area contributed by atoms with E-state index >= 15 is 0 Å². The van der Waals surface area contributed by atoms with Crippen LogP contribution in [0.4, 0.5) is 4.39 Å². The van der Waals surface area contributed by atoms with Gasteiger partial charge in [0.25, 0.3) is 5.91 Å². The van der Waals surface area contributed by atoms with E-state index in [-0.39, 0.29) is 28.8 Å². The van der Waals surface area contributed by atoms with Crippen molar-refractivity contribution in [3.63, 3.8) is 0 Å². The van der Waals surface area contributed by atoms with E-state index in [1.165, 1.54) is 23.1 Å². The summed E-state index contributed by atoms with van der Waals surface area (Å²) in [7, 11) is 0. The van der Waals surface area contributed by atoms with Crippen molar-refractivity contribution < 1.29 is 14.0 Å². The van der Waals surface area contributed by atoms with E-state index in [9.17, 15) is 14.0 Å². The van der Waals surface area contributed by atoms with Crippen molar-refractivity contribution in [3.8, 4) is 0 Å². The van der Waals surface area contributed by atoms with Crippen LogP contribution < -0.4 is 0 Å². The fourth-order valence-electron chi connectivity index (χ4n) is 1.85. The van der Waals surface area contributed by atoms with Gasteiger partial charge >= 0.3 is 0 Å². The molecule has 90 valence electrons. The van der Waals surface area contributed by atoms with Crippen molar-refractivity contribution in [2.24, 2.45) is 0 Å². The van der Waals surface area contributed by atoms with Crippen LogP contribution in [0.2, 0.25) is 5.02 Å². The molecule has 2 rings (SSSR count). The molecule has 0 bridgehead atoms. The normalized spacial score (nSPS) is 16.1. The van der Waals surface area contributed by atoms with Crippen LogP contribution in [0.15, 0.2) is 18.2 Å². The predicted molar refractivity (Wildman–Crippen MR) is 61.6 cm³/mol. The summed E-state index contributed by atoms with van der Waals surface area (Å²) in [6.07, 6.45) is 1.15. The first-order valence-electron chi connectivity index (χ1n) is 5.34. The van der Waals surface area contributed by atoms with Crippen LogP contribution in [0, 0.1) is 5.82 Å². The Morgan fingerprint density at radius 2 is 2.18 bits per heavy atom. The zero-order valence-electron chi connectivity index (χ0n) is 9.08. The summed E-state index contributed by atoms with van der Waals surface area (Å²) in [5.41, 5.74) is 0.112. The number of rotatable bonds is 1. The second-order valence-electron chi connectivity index (χ2n) is 3.97. The Hall–Kier alpha value is -1.42. The number of amides is 1. The molecule has 0 aliphatic carbocycles. The molecule has 3 nitrogen and oxygen atoms in total. The van der Waals surface area contributed by atoms with Gasteiger partial charge in [0.1, 0.15) is 5.82 Å². The van der Waals surface area contributed by atoms with Crippen molar-refractivity contribution >= 4 is 23.3 Å². The lowest BCUT2D eigenvalue weighted by Gasteiger charge is -2.26. The number of likely N-dealkylation sites (tertiary alicyclic amines) is 1. The number of carbonyl (C=O) groups is 2. The number of piperidine rings is 1. The molecule has 1 fully saturated rings. The number of benzene rings is 1. The number of Topliss-reactive ketones (excluding diaryl/α,β-unsaturated/α-hetero) is 1. The summed E-state index contributed by atoms with van der Waals surface area (Å²) >= 11 is 5.74. The van der Waals surface area contributed by atoms with Gasteiger partial charge in [0.15, 0.2) is 5.78 Å². The minimum absolute atomic E-state index is 0.0251. The average molecular weight is 256 g/mol. The van der Waals surface area contributed by atoms with Gasteiger partial charge in [-0.05, 0) is 18.6 Å². The Kier molecular flexibility index (Phi) is 3.43. The minimum Gasteiger partial charge on any atom is -0.331 e. The van der Waals surface area contributed by atoms with Crippen LogP contribution in [-0.4, -0.2) is 29.7 Å². The lowest BCUT2D eigenvalue weighted by molar-refractivity contribution is -0.121. The third kappa shape index (κ3) is 2.47. The minimum atomic E-state index is -0.624. The quantitative estimate of drug-likeness (QED) is 0.772. The largest absolute Gasteiger partial charge is 0.331 e. The summed E-state index contributed by atoms with van der Waals surface area (Å²) in [6, 6.07) is 4.09. The fraction of sp³-hybridized carbons (Fsp3) is 0.333. The van der Waals surface area contributed by atoms with Crippen LogP contribution in [-0.2, 0) is 4.79 Å². The van der Waals surface area contributed by atoms with Gasteiger partial charge in [0, 0.05) is 13.0 Å². The van der Waals surface area contributed by atoms with Gasteiger partial charge in [-0.2, -0.15) is 0 Å². The molecule has 0 spiro atoms. The van der Waals surface area contributed by atoms with Gasteiger partial charge in [-0.1, -0.05) is 17.7 Å². The number of halogens is 2. The van der Waals surface area contributed by atoms with Crippen LogP contribution in [0.5, 0.6) is 0 Å². The molecule has 17 heavy (non-hydrogen) atoms. The molecular weight excluding hydrogens is 245 g/mol. The van der Waals surface area contributed by atoms with Crippen molar-refractivity contribution in [3.05, 3.63) is 34.6 Å². The number of nitrogens with zero attached hydrogens (tertiary/aromatic N) is 1. The third-order valence-electron chi connectivity index (χ3n) is 2.72. The molecule has 1 amide bonds. The fourth-order valence-corrected chi connectivity index (χ4v) is 2.06. The molecule has 1 aromatic rings. The van der Waals surface area contributed by atoms with Gasteiger partial charge in [-0.25, -0.2) is 4.39 Å². The van der Waals surface area contributed by atoms with Crippen LogP contribution >= 0.6 is 11.6 Å². The molecule has 5 heteroatoms. The first kappa shape index (κ1) is 12.0. The molecule has 0 saturated carbocycles.